The zero-order valence-corrected chi connectivity index (χ0v) is 12.0. The largest absolute Gasteiger partial charge is 0.355 e. The highest BCUT2D eigenvalue weighted by molar-refractivity contribution is 5.78. The SMILES string of the molecule is Cc1[nH]c(=O)[nH]c(=O)c1CC(=O)NCCc1ccc(F)cc1. The van der Waals surface area contributed by atoms with Crippen LogP contribution in [0.25, 0.3) is 0 Å². The Balaban J connectivity index is 1.90. The Morgan fingerprint density at radius 1 is 1.18 bits per heavy atom. The van der Waals surface area contributed by atoms with Crippen molar-refractivity contribution in [2.75, 3.05) is 6.54 Å². The zero-order chi connectivity index (χ0) is 16.1. The number of hydrogen-bond acceptors (Lipinski definition) is 3. The average Bonchev–Trinajstić information content (AvgIpc) is 2.45. The van der Waals surface area contributed by atoms with E-state index < -0.39 is 11.2 Å². The first-order chi connectivity index (χ1) is 10.5. The van der Waals surface area contributed by atoms with Gasteiger partial charge in [-0.2, -0.15) is 0 Å². The topological polar surface area (TPSA) is 94.8 Å². The average molecular weight is 305 g/mol. The monoisotopic (exact) mass is 305 g/mol. The predicted molar refractivity (Wildman–Crippen MR) is 79.2 cm³/mol. The van der Waals surface area contributed by atoms with Crippen molar-refractivity contribution in [3.63, 3.8) is 0 Å². The predicted octanol–water partition coefficient (Wildman–Crippen LogP) is 0.412. The van der Waals surface area contributed by atoms with Crippen molar-refractivity contribution < 1.29 is 9.18 Å². The first-order valence-electron chi connectivity index (χ1n) is 6.79. The normalized spacial score (nSPS) is 10.5. The fourth-order valence-electron chi connectivity index (χ4n) is 2.06. The maximum atomic E-state index is 12.8. The number of benzene rings is 1. The lowest BCUT2D eigenvalue weighted by atomic mass is 10.1. The van der Waals surface area contributed by atoms with Crippen LogP contribution in [0.4, 0.5) is 4.39 Å². The summed E-state index contributed by atoms with van der Waals surface area (Å²) in [4.78, 5) is 39.1. The number of carbonyl (C=O) groups is 1. The molecular weight excluding hydrogens is 289 g/mol. The summed E-state index contributed by atoms with van der Waals surface area (Å²) >= 11 is 0. The molecule has 0 saturated carbocycles. The van der Waals surface area contributed by atoms with Gasteiger partial charge in [-0.05, 0) is 31.0 Å². The van der Waals surface area contributed by atoms with Crippen molar-refractivity contribution in [3.05, 3.63) is 67.7 Å². The van der Waals surface area contributed by atoms with Crippen LogP contribution >= 0.6 is 0 Å². The Morgan fingerprint density at radius 3 is 2.50 bits per heavy atom. The number of halogens is 1. The minimum absolute atomic E-state index is 0.110. The summed E-state index contributed by atoms with van der Waals surface area (Å²) in [5, 5.41) is 2.69. The van der Waals surface area contributed by atoms with E-state index in [1.807, 2.05) is 0 Å². The summed E-state index contributed by atoms with van der Waals surface area (Å²) in [6.45, 7) is 1.95. The van der Waals surface area contributed by atoms with Gasteiger partial charge in [0.25, 0.3) is 5.56 Å². The number of carbonyl (C=O) groups excluding carboxylic acids is 1. The number of nitrogens with one attached hydrogen (secondary N) is 3. The van der Waals surface area contributed by atoms with Gasteiger partial charge in [0.1, 0.15) is 5.82 Å². The number of aromatic amines is 2. The minimum Gasteiger partial charge on any atom is -0.355 e. The minimum atomic E-state index is -0.594. The lowest BCUT2D eigenvalue weighted by Gasteiger charge is -2.06. The molecule has 7 heteroatoms. The lowest BCUT2D eigenvalue weighted by Crippen LogP contribution is -2.33. The maximum absolute atomic E-state index is 12.8. The molecule has 0 aliphatic carbocycles. The van der Waals surface area contributed by atoms with Gasteiger partial charge in [0.15, 0.2) is 0 Å². The van der Waals surface area contributed by atoms with Gasteiger partial charge in [-0.1, -0.05) is 12.1 Å². The molecule has 0 saturated heterocycles. The molecule has 22 heavy (non-hydrogen) atoms. The van der Waals surface area contributed by atoms with E-state index in [1.165, 1.54) is 12.1 Å². The van der Waals surface area contributed by atoms with Crippen molar-refractivity contribution in [3.8, 4) is 0 Å². The van der Waals surface area contributed by atoms with Crippen LogP contribution in [0.2, 0.25) is 0 Å². The molecule has 0 atom stereocenters. The molecule has 1 aromatic heterocycles. The van der Waals surface area contributed by atoms with Crippen LogP contribution in [0, 0.1) is 12.7 Å². The van der Waals surface area contributed by atoms with E-state index in [4.69, 9.17) is 0 Å². The Hall–Kier alpha value is -2.70. The lowest BCUT2D eigenvalue weighted by molar-refractivity contribution is -0.120. The molecule has 116 valence electrons. The van der Waals surface area contributed by atoms with E-state index in [0.29, 0.717) is 18.7 Å². The van der Waals surface area contributed by atoms with E-state index in [2.05, 4.69) is 15.3 Å². The second-order valence-electron chi connectivity index (χ2n) is 4.91. The second kappa shape index (κ2) is 6.84. The third kappa shape index (κ3) is 4.15. The summed E-state index contributed by atoms with van der Waals surface area (Å²) in [6.07, 6.45) is 0.453. The standard InChI is InChI=1S/C15H16FN3O3/c1-9-12(14(21)19-15(22)18-9)8-13(20)17-7-6-10-2-4-11(16)5-3-10/h2-5H,6-8H2,1H3,(H,17,20)(H2,18,19,21,22). The number of H-pyrrole nitrogens is 2. The third-order valence-electron chi connectivity index (χ3n) is 3.24. The number of rotatable bonds is 5. The first-order valence-corrected chi connectivity index (χ1v) is 6.79. The molecule has 0 bridgehead atoms. The van der Waals surface area contributed by atoms with Crippen molar-refractivity contribution in [2.45, 2.75) is 19.8 Å². The van der Waals surface area contributed by atoms with Gasteiger partial charge in [-0.3, -0.25) is 14.6 Å². The molecule has 0 unspecified atom stereocenters. The van der Waals surface area contributed by atoms with Crippen molar-refractivity contribution in [1.82, 2.24) is 15.3 Å². The Labute approximate surface area is 125 Å². The van der Waals surface area contributed by atoms with Gasteiger partial charge in [0.2, 0.25) is 5.91 Å². The molecule has 0 aliphatic heterocycles. The molecule has 0 fully saturated rings. The fourth-order valence-corrected chi connectivity index (χ4v) is 2.06. The Morgan fingerprint density at radius 2 is 1.86 bits per heavy atom. The smallest absolute Gasteiger partial charge is 0.325 e. The molecular formula is C15H16FN3O3. The van der Waals surface area contributed by atoms with Gasteiger partial charge in [-0.25, -0.2) is 9.18 Å². The highest BCUT2D eigenvalue weighted by Gasteiger charge is 2.10. The van der Waals surface area contributed by atoms with Crippen LogP contribution in [-0.2, 0) is 17.6 Å². The van der Waals surface area contributed by atoms with Gasteiger partial charge in [-0.15, -0.1) is 0 Å². The molecule has 1 amide bonds. The number of hydrogen-bond donors (Lipinski definition) is 3. The van der Waals surface area contributed by atoms with Gasteiger partial charge >= 0.3 is 5.69 Å². The van der Waals surface area contributed by atoms with Crippen LogP contribution in [0.5, 0.6) is 0 Å². The summed E-state index contributed by atoms with van der Waals surface area (Å²) in [6, 6.07) is 6.03. The number of aryl methyl sites for hydroxylation is 1. The van der Waals surface area contributed by atoms with Crippen LogP contribution in [-0.4, -0.2) is 22.4 Å². The molecule has 2 aromatic rings. The Bertz CT molecular complexity index is 778. The van der Waals surface area contributed by atoms with E-state index >= 15 is 0 Å². The van der Waals surface area contributed by atoms with Crippen LogP contribution in [0.15, 0.2) is 33.9 Å². The molecule has 1 heterocycles. The quantitative estimate of drug-likeness (QED) is 0.747. The summed E-state index contributed by atoms with van der Waals surface area (Å²) < 4.78 is 12.8. The highest BCUT2D eigenvalue weighted by Crippen LogP contribution is 2.03. The fraction of sp³-hybridized carbons (Fsp3) is 0.267. The molecule has 3 N–H and O–H groups in total. The molecule has 0 radical (unpaired) electrons. The zero-order valence-electron chi connectivity index (χ0n) is 12.0. The molecule has 0 aliphatic rings. The van der Waals surface area contributed by atoms with Crippen molar-refractivity contribution in [2.24, 2.45) is 0 Å². The molecule has 0 spiro atoms. The third-order valence-corrected chi connectivity index (χ3v) is 3.24. The summed E-state index contributed by atoms with van der Waals surface area (Å²) in [7, 11) is 0. The first kappa shape index (κ1) is 15.7. The van der Waals surface area contributed by atoms with Gasteiger partial charge in [0, 0.05) is 17.8 Å². The number of amides is 1. The van der Waals surface area contributed by atoms with Gasteiger partial charge < -0.3 is 10.3 Å². The summed E-state index contributed by atoms with van der Waals surface area (Å²) in [5.74, 6) is -0.622. The van der Waals surface area contributed by atoms with Crippen molar-refractivity contribution in [1.29, 1.82) is 0 Å². The highest BCUT2D eigenvalue weighted by atomic mass is 19.1. The summed E-state index contributed by atoms with van der Waals surface area (Å²) in [5.41, 5.74) is 0.360. The van der Waals surface area contributed by atoms with E-state index in [0.717, 1.165) is 5.56 Å². The maximum Gasteiger partial charge on any atom is 0.325 e. The molecule has 1 aromatic carbocycles. The van der Waals surface area contributed by atoms with E-state index in [9.17, 15) is 18.8 Å². The molecule has 2 rings (SSSR count). The Kier molecular flexibility index (Phi) is 4.88. The second-order valence-corrected chi connectivity index (χ2v) is 4.91. The van der Waals surface area contributed by atoms with Crippen LogP contribution in [0.1, 0.15) is 16.8 Å². The molecule has 6 nitrogen and oxygen atoms in total. The van der Waals surface area contributed by atoms with Gasteiger partial charge in [0.05, 0.1) is 6.42 Å². The van der Waals surface area contributed by atoms with Crippen LogP contribution in [0.3, 0.4) is 0 Å². The van der Waals surface area contributed by atoms with E-state index in [1.54, 1.807) is 19.1 Å². The van der Waals surface area contributed by atoms with Crippen molar-refractivity contribution >= 4 is 5.91 Å². The van der Waals surface area contributed by atoms with Crippen LogP contribution < -0.4 is 16.6 Å². The number of aromatic nitrogens is 2. The van der Waals surface area contributed by atoms with E-state index in [-0.39, 0.29) is 23.7 Å².